The van der Waals surface area contributed by atoms with Crippen molar-refractivity contribution in [3.05, 3.63) is 22.6 Å². The lowest BCUT2D eigenvalue weighted by Crippen LogP contribution is -2.66. The van der Waals surface area contributed by atoms with E-state index in [2.05, 4.69) is 60.8 Å². The molecule has 0 heterocycles. The molecule has 0 aliphatic heterocycles. The van der Waals surface area contributed by atoms with Crippen molar-refractivity contribution in [2.45, 2.75) is 120 Å². The van der Waals surface area contributed by atoms with Gasteiger partial charge < -0.3 is 4.74 Å². The van der Waals surface area contributed by atoms with E-state index in [1.54, 1.807) is 11.8 Å². The summed E-state index contributed by atoms with van der Waals surface area (Å²) in [6.45, 7) is 18.3. The molecule has 4 fully saturated rings. The normalized spacial score (nSPS) is 43.8. The molecule has 0 N–H and O–H groups in total. The zero-order valence-electron chi connectivity index (χ0n) is 27.2. The van der Waals surface area contributed by atoms with Gasteiger partial charge in [0.15, 0.2) is 11.6 Å². The van der Waals surface area contributed by atoms with Crippen LogP contribution in [0.15, 0.2) is 22.6 Å². The minimum absolute atomic E-state index is 0.0000911. The first-order valence-electron chi connectivity index (χ1n) is 16.2. The van der Waals surface area contributed by atoms with Gasteiger partial charge >= 0.3 is 5.97 Å². The summed E-state index contributed by atoms with van der Waals surface area (Å²) in [5.41, 5.74) is 0.676. The maximum absolute atomic E-state index is 14.6. The Kier molecular flexibility index (Phi) is 7.65. The largest absolute Gasteiger partial charge is 0.469 e. The third kappa shape index (κ3) is 4.32. The molecule has 4 saturated carbocycles. The van der Waals surface area contributed by atoms with Crippen LogP contribution in [0.4, 0.5) is 0 Å². The van der Waals surface area contributed by atoms with Gasteiger partial charge in [0.05, 0.1) is 12.5 Å². The van der Waals surface area contributed by atoms with Crippen LogP contribution < -0.4 is 0 Å². The molecule has 0 bridgehead atoms. The number of Topliss-reactive ketones (excluding diaryl/α,β-unsaturated/α-hetero) is 1. The average molecular weight is 583 g/mol. The topological polar surface area (TPSA) is 60.4 Å². The molecule has 5 rings (SSSR count). The van der Waals surface area contributed by atoms with Crippen molar-refractivity contribution < 1.29 is 19.1 Å². The fraction of sp³-hybridized carbons (Fsp3) is 0.806. The number of carbonyl (C=O) groups excluding carboxylic acids is 3. The number of ketones is 2. The van der Waals surface area contributed by atoms with Crippen LogP contribution in [0, 0.1) is 50.2 Å². The standard InChI is InChI=1S/C36H54O4S/c1-10-11-18-41-22-23-20-33(6)26(32(4,5)29(23)38)12-13-34(7)27(33)19-25(37)28-24-21-31(2,3)14-16-36(24,30(39)40-9)17-15-35(28,34)8/h19,22,24,26,28H,10-18,20-21H2,1-9H3/b23-22+/t24?,26?,28?,33?,34?,35-,36?/m1/s1. The van der Waals surface area contributed by atoms with Crippen molar-refractivity contribution in [1.29, 1.82) is 0 Å². The van der Waals surface area contributed by atoms with E-state index in [4.69, 9.17) is 4.74 Å². The van der Waals surface area contributed by atoms with E-state index in [9.17, 15) is 14.4 Å². The number of rotatable bonds is 5. The number of hydrogen-bond donors (Lipinski definition) is 0. The maximum Gasteiger partial charge on any atom is 0.312 e. The first-order valence-corrected chi connectivity index (χ1v) is 17.3. The van der Waals surface area contributed by atoms with E-state index in [1.165, 1.54) is 12.7 Å². The van der Waals surface area contributed by atoms with Crippen molar-refractivity contribution in [2.24, 2.45) is 50.2 Å². The van der Waals surface area contributed by atoms with Crippen LogP contribution in [0.25, 0.3) is 0 Å². The molecule has 5 heteroatoms. The first-order chi connectivity index (χ1) is 19.0. The summed E-state index contributed by atoms with van der Waals surface area (Å²) in [5, 5.41) is 2.15. The SMILES string of the molecule is CCCCS/C=C1\CC2(C)C3=CC(=O)C4C5CC(C)(C)CCC5(C(=O)OC)CC[C@@]4(C)C3(C)CCC2C(C)(C)C1=O. The third-order valence-electron chi connectivity index (χ3n) is 13.4. The first kappa shape index (κ1) is 31.1. The fourth-order valence-corrected chi connectivity index (χ4v) is 11.9. The van der Waals surface area contributed by atoms with Crippen LogP contribution in [0.3, 0.4) is 0 Å². The van der Waals surface area contributed by atoms with Crippen LogP contribution in [0.2, 0.25) is 0 Å². The van der Waals surface area contributed by atoms with Crippen molar-refractivity contribution in [1.82, 2.24) is 0 Å². The molecular weight excluding hydrogens is 528 g/mol. The van der Waals surface area contributed by atoms with Crippen LogP contribution in [-0.2, 0) is 19.1 Å². The van der Waals surface area contributed by atoms with Gasteiger partial charge in [-0.05, 0) is 109 Å². The number of carbonyl (C=O) groups is 3. The molecule has 228 valence electrons. The summed E-state index contributed by atoms with van der Waals surface area (Å²) in [6, 6.07) is 0. The number of ether oxygens (including phenoxy) is 1. The molecule has 0 spiro atoms. The zero-order valence-corrected chi connectivity index (χ0v) is 28.0. The Morgan fingerprint density at radius 2 is 1.71 bits per heavy atom. The van der Waals surface area contributed by atoms with Crippen molar-refractivity contribution in [3.8, 4) is 0 Å². The molecule has 41 heavy (non-hydrogen) atoms. The van der Waals surface area contributed by atoms with E-state index < -0.39 is 10.8 Å². The molecule has 0 amide bonds. The molecule has 0 radical (unpaired) electrons. The minimum atomic E-state index is -0.558. The van der Waals surface area contributed by atoms with Gasteiger partial charge in [-0.3, -0.25) is 14.4 Å². The number of thioether (sulfide) groups is 1. The Hall–Kier alpha value is -1.36. The Labute approximate surface area is 253 Å². The van der Waals surface area contributed by atoms with Crippen molar-refractivity contribution in [3.63, 3.8) is 0 Å². The quantitative estimate of drug-likeness (QED) is 0.184. The summed E-state index contributed by atoms with van der Waals surface area (Å²) in [7, 11) is 1.52. The molecule has 5 aliphatic rings. The van der Waals surface area contributed by atoms with Gasteiger partial charge in [-0.1, -0.05) is 67.4 Å². The summed E-state index contributed by atoms with van der Waals surface area (Å²) in [6.07, 6.45) is 11.4. The van der Waals surface area contributed by atoms with E-state index in [-0.39, 0.29) is 51.2 Å². The highest BCUT2D eigenvalue weighted by Gasteiger charge is 2.71. The number of methoxy groups -OCH3 is 1. The molecule has 0 aromatic heterocycles. The zero-order chi connectivity index (χ0) is 30.2. The Balaban J connectivity index is 1.61. The van der Waals surface area contributed by atoms with Crippen LogP contribution in [0.1, 0.15) is 120 Å². The lowest BCUT2D eigenvalue weighted by molar-refractivity contribution is -0.192. The van der Waals surface area contributed by atoms with E-state index in [1.807, 2.05) is 6.08 Å². The van der Waals surface area contributed by atoms with Gasteiger partial charge in [0.2, 0.25) is 0 Å². The van der Waals surface area contributed by atoms with Crippen LogP contribution >= 0.6 is 11.8 Å². The van der Waals surface area contributed by atoms with Gasteiger partial charge in [-0.2, -0.15) is 0 Å². The fourth-order valence-electron chi connectivity index (χ4n) is 10.9. The second-order valence-electron chi connectivity index (χ2n) is 16.4. The Bertz CT molecular complexity index is 1190. The summed E-state index contributed by atoms with van der Waals surface area (Å²) in [4.78, 5) is 41.9. The van der Waals surface area contributed by atoms with E-state index in [0.29, 0.717) is 5.78 Å². The molecule has 5 aliphatic carbocycles. The second-order valence-corrected chi connectivity index (χ2v) is 17.4. The number of esters is 1. The number of unbranched alkanes of at least 4 members (excludes halogenated alkanes) is 1. The summed E-state index contributed by atoms with van der Waals surface area (Å²) < 4.78 is 5.47. The smallest absolute Gasteiger partial charge is 0.312 e. The number of hydrogen-bond acceptors (Lipinski definition) is 5. The highest BCUT2D eigenvalue weighted by atomic mass is 32.2. The van der Waals surface area contributed by atoms with Crippen molar-refractivity contribution >= 4 is 29.3 Å². The number of allylic oxidation sites excluding steroid dienone is 3. The van der Waals surface area contributed by atoms with Gasteiger partial charge in [0.25, 0.3) is 0 Å². The van der Waals surface area contributed by atoms with E-state index >= 15 is 0 Å². The molecule has 0 aromatic carbocycles. The third-order valence-corrected chi connectivity index (χ3v) is 14.4. The predicted molar refractivity (Wildman–Crippen MR) is 167 cm³/mol. The van der Waals surface area contributed by atoms with Gasteiger partial charge in [0, 0.05) is 16.9 Å². The van der Waals surface area contributed by atoms with Gasteiger partial charge in [0.1, 0.15) is 0 Å². The lowest BCUT2D eigenvalue weighted by atomic mass is 9.33. The highest BCUT2D eigenvalue weighted by molar-refractivity contribution is 8.02. The maximum atomic E-state index is 14.6. The molecular formula is C36H54O4S. The molecule has 0 aromatic rings. The number of fused-ring (bicyclic) bond motifs is 7. The summed E-state index contributed by atoms with van der Waals surface area (Å²) >= 11 is 1.78. The average Bonchev–Trinajstić information content (AvgIpc) is 2.90. The summed E-state index contributed by atoms with van der Waals surface area (Å²) in [5.74, 6) is 1.47. The lowest BCUT2D eigenvalue weighted by Gasteiger charge is -2.69. The Morgan fingerprint density at radius 3 is 2.37 bits per heavy atom. The second kappa shape index (κ2) is 10.1. The predicted octanol–water partition coefficient (Wildman–Crippen LogP) is 8.74. The van der Waals surface area contributed by atoms with Crippen LogP contribution in [-0.4, -0.2) is 30.4 Å². The van der Waals surface area contributed by atoms with Crippen LogP contribution in [0.5, 0.6) is 0 Å². The van der Waals surface area contributed by atoms with Gasteiger partial charge in [-0.25, -0.2) is 0 Å². The Morgan fingerprint density at radius 1 is 1.02 bits per heavy atom. The molecule has 0 saturated heterocycles. The van der Waals surface area contributed by atoms with Crippen molar-refractivity contribution in [2.75, 3.05) is 12.9 Å². The molecule has 7 atom stereocenters. The molecule has 6 unspecified atom stereocenters. The molecule has 4 nitrogen and oxygen atoms in total. The van der Waals surface area contributed by atoms with Gasteiger partial charge in [-0.15, -0.1) is 11.8 Å². The minimum Gasteiger partial charge on any atom is -0.469 e. The van der Waals surface area contributed by atoms with E-state index in [0.717, 1.165) is 75.5 Å². The monoisotopic (exact) mass is 582 g/mol. The highest BCUT2D eigenvalue weighted by Crippen LogP contribution is 2.75.